The summed E-state index contributed by atoms with van der Waals surface area (Å²) in [6.07, 6.45) is 0. The van der Waals surface area contributed by atoms with Gasteiger partial charge in [0, 0.05) is 38.4 Å². The number of ketones is 1. The molecule has 216 valence electrons. The van der Waals surface area contributed by atoms with Gasteiger partial charge >= 0.3 is 0 Å². The molecular weight excluding hydrogens is 546 g/mol. The Morgan fingerprint density at radius 2 is 1.09 bits per heavy atom. The molecule has 1 heterocycles. The molecule has 0 amide bonds. The van der Waals surface area contributed by atoms with E-state index in [1.807, 2.05) is 24.3 Å². The third-order valence-electron chi connectivity index (χ3n) is 10.6. The summed E-state index contributed by atoms with van der Waals surface area (Å²) in [5.41, 5.74) is 14.9. The standard InChI is InChI=1S/C43H33NO/c1-42(2)33-14-8-5-11-29(33)39-35(42)23-24-38-40(39)32-13-7-10-16-37(32)44(38)28-20-17-26(18-21-28)27-19-22-31-36(25-27)43(3,4)34-15-9-6-12-30(34)41(31)45/h5-25H,1-4H3. The minimum absolute atomic E-state index is 0.0406. The predicted octanol–water partition coefficient (Wildman–Crippen LogP) is 10.6. The maximum atomic E-state index is 13.4. The van der Waals surface area contributed by atoms with Crippen LogP contribution in [0.25, 0.3) is 49.7 Å². The number of fused-ring (bicyclic) bond motifs is 9. The molecule has 45 heavy (non-hydrogen) atoms. The van der Waals surface area contributed by atoms with Crippen LogP contribution in [0.15, 0.2) is 127 Å². The third-order valence-corrected chi connectivity index (χ3v) is 10.6. The average Bonchev–Trinajstić information content (AvgIpc) is 3.52. The van der Waals surface area contributed by atoms with E-state index in [1.54, 1.807) is 0 Å². The van der Waals surface area contributed by atoms with Crippen molar-refractivity contribution in [1.82, 2.24) is 4.57 Å². The number of nitrogens with zero attached hydrogens (tertiary/aromatic N) is 1. The summed E-state index contributed by atoms with van der Waals surface area (Å²) in [6.45, 7) is 9.14. The number of benzene rings is 6. The molecule has 6 aromatic carbocycles. The predicted molar refractivity (Wildman–Crippen MR) is 186 cm³/mol. The molecule has 2 aliphatic rings. The van der Waals surface area contributed by atoms with Gasteiger partial charge in [-0.3, -0.25) is 4.79 Å². The fourth-order valence-electron chi connectivity index (χ4n) is 8.29. The quantitative estimate of drug-likeness (QED) is 0.200. The van der Waals surface area contributed by atoms with Gasteiger partial charge in [-0.15, -0.1) is 0 Å². The van der Waals surface area contributed by atoms with Gasteiger partial charge in [0.15, 0.2) is 5.78 Å². The summed E-state index contributed by atoms with van der Waals surface area (Å²) >= 11 is 0. The van der Waals surface area contributed by atoms with Gasteiger partial charge in [-0.1, -0.05) is 125 Å². The van der Waals surface area contributed by atoms with Crippen molar-refractivity contribution in [2.45, 2.75) is 38.5 Å². The zero-order valence-corrected chi connectivity index (χ0v) is 26.0. The van der Waals surface area contributed by atoms with E-state index in [-0.39, 0.29) is 16.6 Å². The van der Waals surface area contributed by atoms with E-state index in [0.29, 0.717) is 0 Å². The Labute approximate surface area is 263 Å². The largest absolute Gasteiger partial charge is 0.309 e. The number of hydrogen-bond donors (Lipinski definition) is 0. The molecule has 0 unspecified atom stereocenters. The summed E-state index contributed by atoms with van der Waals surface area (Å²) in [5, 5.41) is 2.61. The molecule has 0 aliphatic heterocycles. The first-order chi connectivity index (χ1) is 21.8. The van der Waals surface area contributed by atoms with Crippen molar-refractivity contribution in [2.75, 3.05) is 0 Å². The van der Waals surface area contributed by atoms with Gasteiger partial charge in [-0.25, -0.2) is 0 Å². The zero-order valence-electron chi connectivity index (χ0n) is 26.0. The molecule has 0 saturated carbocycles. The van der Waals surface area contributed by atoms with Crippen molar-refractivity contribution in [3.8, 4) is 27.9 Å². The lowest BCUT2D eigenvalue weighted by atomic mass is 9.68. The lowest BCUT2D eigenvalue weighted by Crippen LogP contribution is -2.30. The highest BCUT2D eigenvalue weighted by Gasteiger charge is 2.38. The van der Waals surface area contributed by atoms with Gasteiger partial charge in [0.2, 0.25) is 0 Å². The summed E-state index contributed by atoms with van der Waals surface area (Å²) in [6, 6.07) is 45.6. The van der Waals surface area contributed by atoms with Crippen molar-refractivity contribution in [3.05, 3.63) is 161 Å². The van der Waals surface area contributed by atoms with Crippen LogP contribution in [0.1, 0.15) is 65.9 Å². The monoisotopic (exact) mass is 579 g/mol. The summed E-state index contributed by atoms with van der Waals surface area (Å²) in [4.78, 5) is 13.4. The molecule has 0 saturated heterocycles. The van der Waals surface area contributed by atoms with Gasteiger partial charge < -0.3 is 4.57 Å². The first kappa shape index (κ1) is 26.2. The SMILES string of the molecule is CC1(C)c2ccccc2C(=O)c2ccc(-c3ccc(-n4c5ccccc5c5c6c(ccc54)C(C)(C)c4ccccc4-6)cc3)cc21. The molecule has 0 radical (unpaired) electrons. The molecule has 0 atom stereocenters. The number of para-hydroxylation sites is 1. The highest BCUT2D eigenvalue weighted by molar-refractivity contribution is 6.18. The second-order valence-electron chi connectivity index (χ2n) is 13.7. The number of carbonyl (C=O) groups is 1. The van der Waals surface area contributed by atoms with Crippen LogP contribution in [-0.2, 0) is 10.8 Å². The summed E-state index contributed by atoms with van der Waals surface area (Å²) in [5.74, 6) is 0.116. The Morgan fingerprint density at radius 3 is 1.87 bits per heavy atom. The molecule has 2 heteroatoms. The molecule has 9 rings (SSSR count). The summed E-state index contributed by atoms with van der Waals surface area (Å²) in [7, 11) is 0. The van der Waals surface area contributed by atoms with Gasteiger partial charge in [0.1, 0.15) is 0 Å². The van der Waals surface area contributed by atoms with E-state index >= 15 is 0 Å². The van der Waals surface area contributed by atoms with E-state index < -0.39 is 0 Å². The van der Waals surface area contributed by atoms with Gasteiger partial charge in [-0.2, -0.15) is 0 Å². The number of carbonyl (C=O) groups excluding carboxylic acids is 1. The van der Waals surface area contributed by atoms with Crippen LogP contribution in [0.4, 0.5) is 0 Å². The van der Waals surface area contributed by atoms with Gasteiger partial charge in [0.05, 0.1) is 11.0 Å². The van der Waals surface area contributed by atoms with Crippen LogP contribution in [0.2, 0.25) is 0 Å². The molecule has 0 fully saturated rings. The molecule has 0 bridgehead atoms. The van der Waals surface area contributed by atoms with Crippen molar-refractivity contribution in [1.29, 1.82) is 0 Å². The Kier molecular flexibility index (Phi) is 5.20. The van der Waals surface area contributed by atoms with Crippen LogP contribution in [0.5, 0.6) is 0 Å². The first-order valence-corrected chi connectivity index (χ1v) is 15.8. The fourth-order valence-corrected chi connectivity index (χ4v) is 8.29. The Balaban J connectivity index is 1.19. The lowest BCUT2D eigenvalue weighted by molar-refractivity contribution is 0.103. The molecule has 2 nitrogen and oxygen atoms in total. The van der Waals surface area contributed by atoms with Crippen LogP contribution in [0, 0.1) is 0 Å². The Hall–Kier alpha value is -5.21. The molecule has 1 aromatic heterocycles. The Morgan fingerprint density at radius 1 is 0.489 bits per heavy atom. The smallest absolute Gasteiger partial charge is 0.193 e. The van der Waals surface area contributed by atoms with E-state index in [4.69, 9.17) is 0 Å². The molecule has 7 aromatic rings. The lowest BCUT2D eigenvalue weighted by Gasteiger charge is -2.34. The second kappa shape index (κ2) is 8.92. The van der Waals surface area contributed by atoms with Crippen LogP contribution in [-0.4, -0.2) is 10.4 Å². The highest BCUT2D eigenvalue weighted by atomic mass is 16.1. The maximum absolute atomic E-state index is 13.4. The van der Waals surface area contributed by atoms with Crippen molar-refractivity contribution >= 4 is 27.6 Å². The molecule has 0 N–H and O–H groups in total. The van der Waals surface area contributed by atoms with Crippen LogP contribution in [0.3, 0.4) is 0 Å². The van der Waals surface area contributed by atoms with E-state index in [2.05, 4.69) is 135 Å². The number of aromatic nitrogens is 1. The average molecular weight is 580 g/mol. The van der Waals surface area contributed by atoms with E-state index in [0.717, 1.165) is 39.1 Å². The minimum atomic E-state index is -0.258. The van der Waals surface area contributed by atoms with Crippen molar-refractivity contribution < 1.29 is 4.79 Å². The molecule has 2 aliphatic carbocycles. The molecule has 0 spiro atoms. The van der Waals surface area contributed by atoms with E-state index in [1.165, 1.54) is 44.1 Å². The van der Waals surface area contributed by atoms with Crippen molar-refractivity contribution in [3.63, 3.8) is 0 Å². The van der Waals surface area contributed by atoms with Gasteiger partial charge in [-0.05, 0) is 74.8 Å². The minimum Gasteiger partial charge on any atom is -0.309 e. The third kappa shape index (κ3) is 3.43. The maximum Gasteiger partial charge on any atom is 0.193 e. The first-order valence-electron chi connectivity index (χ1n) is 15.8. The zero-order chi connectivity index (χ0) is 30.7. The van der Waals surface area contributed by atoms with Crippen LogP contribution >= 0.6 is 0 Å². The van der Waals surface area contributed by atoms with Gasteiger partial charge in [0.25, 0.3) is 0 Å². The normalized spacial score (nSPS) is 15.5. The fraction of sp³-hybridized carbons (Fsp3) is 0.140. The van der Waals surface area contributed by atoms with Crippen molar-refractivity contribution in [2.24, 2.45) is 0 Å². The second-order valence-corrected chi connectivity index (χ2v) is 13.7. The number of hydrogen-bond acceptors (Lipinski definition) is 1. The number of rotatable bonds is 2. The topological polar surface area (TPSA) is 22.0 Å². The van der Waals surface area contributed by atoms with Crippen LogP contribution < -0.4 is 0 Å². The summed E-state index contributed by atoms with van der Waals surface area (Å²) < 4.78 is 2.41. The molecular formula is C43H33NO. The van der Waals surface area contributed by atoms with E-state index in [9.17, 15) is 4.79 Å². The highest BCUT2D eigenvalue weighted by Crippen LogP contribution is 2.53. The Bertz CT molecular complexity index is 2380.